The number of rotatable bonds is 5. The molecule has 0 aromatic heterocycles. The first kappa shape index (κ1) is 23.5. The van der Waals surface area contributed by atoms with Crippen molar-refractivity contribution in [3.05, 3.63) is 47.2 Å². The number of nitrogens with zero attached hydrogens (tertiary/aromatic N) is 2. The normalized spacial score (nSPS) is 17.4. The molecule has 1 fully saturated rings. The van der Waals surface area contributed by atoms with Gasteiger partial charge in [-0.2, -0.15) is 4.31 Å². The van der Waals surface area contributed by atoms with E-state index in [-0.39, 0.29) is 34.4 Å². The number of amides is 2. The van der Waals surface area contributed by atoms with Crippen LogP contribution in [0.15, 0.2) is 41.3 Å². The number of hydrogen-bond acceptors (Lipinski definition) is 5. The fourth-order valence-corrected chi connectivity index (χ4v) is 5.48. The van der Waals surface area contributed by atoms with Gasteiger partial charge in [-0.15, -0.1) is 0 Å². The van der Waals surface area contributed by atoms with Crippen LogP contribution in [0.1, 0.15) is 19.8 Å². The van der Waals surface area contributed by atoms with E-state index in [0.29, 0.717) is 24.8 Å². The third-order valence-electron chi connectivity index (χ3n) is 5.76. The number of piperidine rings is 1. The Kier molecular flexibility index (Phi) is 6.60. The van der Waals surface area contributed by atoms with Crippen molar-refractivity contribution in [2.45, 2.75) is 24.7 Å². The Morgan fingerprint density at radius 2 is 1.94 bits per heavy atom. The van der Waals surface area contributed by atoms with Gasteiger partial charge >= 0.3 is 0 Å². The Hall–Kier alpha value is -2.69. The first-order valence-electron chi connectivity index (χ1n) is 10.5. The molecule has 0 atom stereocenters. The lowest BCUT2D eigenvalue weighted by atomic mass is 10.0. The van der Waals surface area contributed by atoms with Crippen LogP contribution in [-0.4, -0.2) is 50.8 Å². The molecule has 0 radical (unpaired) electrons. The predicted octanol–water partition coefficient (Wildman–Crippen LogP) is 3.26. The molecule has 2 amide bonds. The van der Waals surface area contributed by atoms with Crippen LogP contribution in [-0.2, 0) is 19.6 Å². The van der Waals surface area contributed by atoms with Crippen LogP contribution in [0.3, 0.4) is 0 Å². The van der Waals surface area contributed by atoms with Gasteiger partial charge in [-0.05, 0) is 55.2 Å². The maximum Gasteiger partial charge on any atom is 0.265 e. The van der Waals surface area contributed by atoms with Crippen molar-refractivity contribution in [1.82, 2.24) is 4.31 Å². The molecule has 2 aliphatic heterocycles. The summed E-state index contributed by atoms with van der Waals surface area (Å²) in [6, 6.07) is 8.02. The lowest BCUT2D eigenvalue weighted by Gasteiger charge is -2.31. The molecule has 2 aromatic rings. The molecule has 176 valence electrons. The second-order valence-corrected chi connectivity index (χ2v) is 10.5. The summed E-state index contributed by atoms with van der Waals surface area (Å²) in [5, 5.41) is 2.41. The van der Waals surface area contributed by atoms with Crippen LogP contribution in [0.25, 0.3) is 0 Å². The number of benzene rings is 2. The van der Waals surface area contributed by atoms with Crippen molar-refractivity contribution in [3.63, 3.8) is 0 Å². The number of nitrogens with one attached hydrogen (secondary N) is 1. The third kappa shape index (κ3) is 4.97. The zero-order chi connectivity index (χ0) is 23.8. The number of hydrogen-bond donors (Lipinski definition) is 1. The molecule has 2 aliphatic rings. The van der Waals surface area contributed by atoms with Crippen LogP contribution in [0, 0.1) is 11.7 Å². The van der Waals surface area contributed by atoms with Crippen LogP contribution >= 0.6 is 11.6 Å². The van der Waals surface area contributed by atoms with E-state index in [2.05, 4.69) is 12.2 Å². The van der Waals surface area contributed by atoms with Gasteiger partial charge in [0.1, 0.15) is 18.1 Å². The first-order valence-corrected chi connectivity index (χ1v) is 12.3. The lowest BCUT2D eigenvalue weighted by Crippen LogP contribution is -2.43. The van der Waals surface area contributed by atoms with E-state index in [0.717, 1.165) is 18.9 Å². The number of carbonyl (C=O) groups excluding carboxylic acids is 2. The summed E-state index contributed by atoms with van der Waals surface area (Å²) in [4.78, 5) is 26.3. The SMILES string of the molecule is CC1CCN(S(=O)(=O)c2ccc3c(c2)N(CC(=O)Nc2ccc(F)c(Cl)c2)C(=O)CO3)CC1. The Balaban J connectivity index is 1.57. The van der Waals surface area contributed by atoms with Gasteiger partial charge in [0, 0.05) is 18.8 Å². The van der Waals surface area contributed by atoms with E-state index >= 15 is 0 Å². The van der Waals surface area contributed by atoms with Gasteiger partial charge in [0.15, 0.2) is 6.61 Å². The minimum absolute atomic E-state index is 0.0322. The van der Waals surface area contributed by atoms with Crippen LogP contribution in [0.4, 0.5) is 15.8 Å². The molecule has 11 heteroatoms. The molecule has 0 saturated carbocycles. The molecule has 0 aliphatic carbocycles. The van der Waals surface area contributed by atoms with Gasteiger partial charge in [0.05, 0.1) is 15.6 Å². The number of carbonyl (C=O) groups is 2. The number of ether oxygens (including phenoxy) is 1. The smallest absolute Gasteiger partial charge is 0.265 e. The molecule has 2 aromatic carbocycles. The second kappa shape index (κ2) is 9.28. The summed E-state index contributed by atoms with van der Waals surface area (Å²) in [5.74, 6) is -0.897. The topological polar surface area (TPSA) is 96.0 Å². The minimum Gasteiger partial charge on any atom is -0.482 e. The lowest BCUT2D eigenvalue weighted by molar-refractivity contribution is -0.123. The Labute approximate surface area is 196 Å². The van der Waals surface area contributed by atoms with Gasteiger partial charge in [0.2, 0.25) is 15.9 Å². The fourth-order valence-electron chi connectivity index (χ4n) is 3.81. The molecule has 8 nitrogen and oxygen atoms in total. The predicted molar refractivity (Wildman–Crippen MR) is 121 cm³/mol. The van der Waals surface area contributed by atoms with E-state index in [1.54, 1.807) is 0 Å². The van der Waals surface area contributed by atoms with E-state index in [1.165, 1.54) is 39.5 Å². The van der Waals surface area contributed by atoms with Crippen LogP contribution in [0.2, 0.25) is 5.02 Å². The third-order valence-corrected chi connectivity index (χ3v) is 7.94. The molecule has 4 rings (SSSR count). The highest BCUT2D eigenvalue weighted by Crippen LogP contribution is 2.35. The van der Waals surface area contributed by atoms with Gasteiger partial charge in [-0.25, -0.2) is 12.8 Å². The summed E-state index contributed by atoms with van der Waals surface area (Å²) in [6.45, 7) is 2.30. The number of fused-ring (bicyclic) bond motifs is 1. The average Bonchev–Trinajstić information content (AvgIpc) is 2.78. The summed E-state index contributed by atoms with van der Waals surface area (Å²) < 4.78 is 46.5. The second-order valence-electron chi connectivity index (χ2n) is 8.16. The number of halogens is 2. The van der Waals surface area contributed by atoms with E-state index in [9.17, 15) is 22.4 Å². The monoisotopic (exact) mass is 495 g/mol. The molecule has 1 saturated heterocycles. The van der Waals surface area contributed by atoms with Crippen LogP contribution < -0.4 is 15.0 Å². The van der Waals surface area contributed by atoms with Crippen molar-refractivity contribution in [2.24, 2.45) is 5.92 Å². The maximum absolute atomic E-state index is 13.3. The van der Waals surface area contributed by atoms with Crippen molar-refractivity contribution < 1.29 is 27.1 Å². The molecule has 0 spiro atoms. The zero-order valence-electron chi connectivity index (χ0n) is 17.9. The Morgan fingerprint density at radius 3 is 2.64 bits per heavy atom. The van der Waals surface area contributed by atoms with Gasteiger partial charge in [-0.1, -0.05) is 18.5 Å². The molecule has 33 heavy (non-hydrogen) atoms. The van der Waals surface area contributed by atoms with E-state index < -0.39 is 27.7 Å². The minimum atomic E-state index is -3.76. The quantitative estimate of drug-likeness (QED) is 0.687. The van der Waals surface area contributed by atoms with Gasteiger partial charge < -0.3 is 10.1 Å². The largest absolute Gasteiger partial charge is 0.482 e. The highest BCUT2D eigenvalue weighted by molar-refractivity contribution is 7.89. The standard InChI is InChI=1S/C22H23ClFN3O5S/c1-14-6-8-26(9-7-14)33(30,31)16-3-5-20-19(11-16)27(22(29)13-32-20)12-21(28)25-15-2-4-18(24)17(23)10-15/h2-5,10-11,14H,6-9,12-13H2,1H3,(H,25,28). The van der Waals surface area contributed by atoms with Crippen molar-refractivity contribution in [2.75, 3.05) is 36.5 Å². The summed E-state index contributed by atoms with van der Waals surface area (Å²) in [6.07, 6.45) is 1.57. The van der Waals surface area contributed by atoms with E-state index in [1.807, 2.05) is 0 Å². The van der Waals surface area contributed by atoms with Crippen molar-refractivity contribution in [1.29, 1.82) is 0 Å². The van der Waals surface area contributed by atoms with Crippen LogP contribution in [0.5, 0.6) is 5.75 Å². The van der Waals surface area contributed by atoms with E-state index in [4.69, 9.17) is 16.3 Å². The summed E-state index contributed by atoms with van der Waals surface area (Å²) >= 11 is 5.74. The Morgan fingerprint density at radius 1 is 1.21 bits per heavy atom. The van der Waals surface area contributed by atoms with Crippen molar-refractivity contribution >= 4 is 44.8 Å². The van der Waals surface area contributed by atoms with Crippen molar-refractivity contribution in [3.8, 4) is 5.75 Å². The highest BCUT2D eigenvalue weighted by Gasteiger charge is 2.32. The Bertz CT molecular complexity index is 1200. The van der Waals surface area contributed by atoms with Gasteiger partial charge in [-0.3, -0.25) is 14.5 Å². The molecule has 0 bridgehead atoms. The first-order chi connectivity index (χ1) is 15.6. The maximum atomic E-state index is 13.3. The molecular formula is C22H23ClFN3O5S. The fraction of sp³-hybridized carbons (Fsp3) is 0.364. The number of sulfonamides is 1. The molecular weight excluding hydrogens is 473 g/mol. The zero-order valence-corrected chi connectivity index (χ0v) is 19.5. The number of anilines is 2. The summed E-state index contributed by atoms with van der Waals surface area (Å²) in [5.41, 5.74) is 0.466. The molecule has 1 N–H and O–H groups in total. The summed E-state index contributed by atoms with van der Waals surface area (Å²) in [7, 11) is -3.76. The average molecular weight is 496 g/mol. The van der Waals surface area contributed by atoms with Gasteiger partial charge in [0.25, 0.3) is 5.91 Å². The highest BCUT2D eigenvalue weighted by atomic mass is 35.5. The molecule has 0 unspecified atom stereocenters. The molecule has 2 heterocycles.